The number of aromatic hydroxyl groups is 1. The standard InChI is InChI=1S/C20H12Cl2FN3O3/c21-12-3-1-10(2-4-12)16(9-27)26-19(28)15(25-20(26)29)7-11-8-24-18-13(11)5-6-14(22)17(18)23/h1-9,16,28H,(H,25,29)/b11-7+. The van der Waals surface area contributed by atoms with Gasteiger partial charge in [-0.3, -0.25) is 4.99 Å². The molecule has 1 aromatic heterocycles. The summed E-state index contributed by atoms with van der Waals surface area (Å²) in [6.07, 6.45) is 3.38. The molecule has 1 unspecified atom stereocenters. The van der Waals surface area contributed by atoms with E-state index < -0.39 is 23.4 Å². The molecule has 146 valence electrons. The van der Waals surface area contributed by atoms with Gasteiger partial charge < -0.3 is 14.9 Å². The number of halogens is 3. The summed E-state index contributed by atoms with van der Waals surface area (Å²) in [7, 11) is 0. The van der Waals surface area contributed by atoms with E-state index in [2.05, 4.69) is 9.98 Å². The van der Waals surface area contributed by atoms with Gasteiger partial charge in [0.05, 0.1) is 5.02 Å². The van der Waals surface area contributed by atoms with Crippen molar-refractivity contribution in [3.8, 4) is 5.88 Å². The number of rotatable bonds is 4. The average molecular weight is 432 g/mol. The van der Waals surface area contributed by atoms with Crippen molar-refractivity contribution in [3.05, 3.63) is 79.6 Å². The van der Waals surface area contributed by atoms with Gasteiger partial charge in [0.1, 0.15) is 23.7 Å². The van der Waals surface area contributed by atoms with Crippen LogP contribution < -0.4 is 5.69 Å². The van der Waals surface area contributed by atoms with E-state index in [-0.39, 0.29) is 16.4 Å². The first kappa shape index (κ1) is 19.2. The summed E-state index contributed by atoms with van der Waals surface area (Å²) in [5.41, 5.74) is 0.860. The van der Waals surface area contributed by atoms with Crippen LogP contribution >= 0.6 is 23.2 Å². The number of H-pyrrole nitrogens is 1. The number of aromatic amines is 1. The van der Waals surface area contributed by atoms with Crippen LogP contribution in [0.4, 0.5) is 10.1 Å². The van der Waals surface area contributed by atoms with Crippen molar-refractivity contribution < 1.29 is 14.3 Å². The molecule has 4 rings (SSSR count). The Morgan fingerprint density at radius 2 is 1.90 bits per heavy atom. The molecule has 1 aliphatic heterocycles. The minimum atomic E-state index is -1.05. The van der Waals surface area contributed by atoms with E-state index in [1.165, 1.54) is 18.4 Å². The number of benzene rings is 2. The predicted molar refractivity (Wildman–Crippen MR) is 110 cm³/mol. The summed E-state index contributed by atoms with van der Waals surface area (Å²) in [6.45, 7) is 0. The summed E-state index contributed by atoms with van der Waals surface area (Å²) < 4.78 is 15.0. The lowest BCUT2D eigenvalue weighted by Gasteiger charge is -2.12. The Morgan fingerprint density at radius 1 is 1.17 bits per heavy atom. The second-order valence-corrected chi connectivity index (χ2v) is 7.13. The zero-order valence-corrected chi connectivity index (χ0v) is 16.1. The summed E-state index contributed by atoms with van der Waals surface area (Å²) >= 11 is 11.6. The minimum absolute atomic E-state index is 0.0543. The maximum atomic E-state index is 14.1. The number of aldehydes is 1. The van der Waals surface area contributed by atoms with E-state index in [0.717, 1.165) is 4.57 Å². The van der Waals surface area contributed by atoms with Crippen LogP contribution in [-0.2, 0) is 4.79 Å². The van der Waals surface area contributed by atoms with Crippen molar-refractivity contribution in [1.82, 2.24) is 9.55 Å². The summed E-state index contributed by atoms with van der Waals surface area (Å²) in [5, 5.41) is 11.0. The molecule has 0 aliphatic carbocycles. The SMILES string of the molecule is O=CC(c1ccc(Cl)cc1)n1c(O)c(/C=C2\C=Nc3c2ccc(Cl)c3F)[nH]c1=O. The molecular weight excluding hydrogens is 420 g/mol. The molecule has 0 bridgehead atoms. The molecule has 0 radical (unpaired) electrons. The summed E-state index contributed by atoms with van der Waals surface area (Å²) in [6, 6.07) is 8.27. The number of carbonyl (C=O) groups is 1. The van der Waals surface area contributed by atoms with Crippen molar-refractivity contribution >= 4 is 53.0 Å². The Bertz CT molecular complexity index is 1240. The fourth-order valence-electron chi connectivity index (χ4n) is 3.14. The van der Waals surface area contributed by atoms with Gasteiger partial charge in [-0.15, -0.1) is 0 Å². The molecule has 29 heavy (non-hydrogen) atoms. The monoisotopic (exact) mass is 431 g/mol. The summed E-state index contributed by atoms with van der Waals surface area (Å²) in [5.74, 6) is -1.09. The fourth-order valence-corrected chi connectivity index (χ4v) is 3.42. The Labute approximate surface area is 173 Å². The zero-order chi connectivity index (χ0) is 20.7. The molecule has 0 spiro atoms. The highest BCUT2D eigenvalue weighted by Crippen LogP contribution is 2.38. The van der Waals surface area contributed by atoms with Crippen molar-refractivity contribution in [2.24, 2.45) is 4.99 Å². The minimum Gasteiger partial charge on any atom is -0.493 e. The largest absolute Gasteiger partial charge is 0.493 e. The fraction of sp³-hybridized carbons (Fsp3) is 0.0500. The molecule has 3 aromatic rings. The second-order valence-electron chi connectivity index (χ2n) is 6.29. The van der Waals surface area contributed by atoms with Gasteiger partial charge in [-0.05, 0) is 29.8 Å². The third kappa shape index (κ3) is 3.28. The molecule has 2 heterocycles. The molecule has 1 atom stereocenters. The molecule has 0 amide bonds. The Hall–Kier alpha value is -3.16. The van der Waals surface area contributed by atoms with Crippen LogP contribution in [0.1, 0.15) is 22.9 Å². The van der Waals surface area contributed by atoms with Gasteiger partial charge in [-0.1, -0.05) is 41.4 Å². The number of hydrogen-bond acceptors (Lipinski definition) is 4. The smallest absolute Gasteiger partial charge is 0.329 e. The highest BCUT2D eigenvalue weighted by Gasteiger charge is 2.23. The third-order valence-electron chi connectivity index (χ3n) is 4.56. The molecule has 1 aliphatic rings. The van der Waals surface area contributed by atoms with Gasteiger partial charge in [-0.25, -0.2) is 13.8 Å². The molecule has 0 fully saturated rings. The number of allylic oxidation sites excluding steroid dienone is 1. The third-order valence-corrected chi connectivity index (χ3v) is 5.10. The van der Waals surface area contributed by atoms with Crippen molar-refractivity contribution in [1.29, 1.82) is 0 Å². The Kier molecular flexibility index (Phi) is 4.86. The van der Waals surface area contributed by atoms with Crippen LogP contribution in [0.2, 0.25) is 10.0 Å². The zero-order valence-electron chi connectivity index (χ0n) is 14.6. The molecule has 6 nitrogen and oxygen atoms in total. The lowest BCUT2D eigenvalue weighted by molar-refractivity contribution is -0.109. The average Bonchev–Trinajstić information content (AvgIpc) is 3.23. The van der Waals surface area contributed by atoms with E-state index in [4.69, 9.17) is 23.2 Å². The first-order valence-corrected chi connectivity index (χ1v) is 9.14. The van der Waals surface area contributed by atoms with Gasteiger partial charge in [0.15, 0.2) is 5.82 Å². The predicted octanol–water partition coefficient (Wildman–Crippen LogP) is 4.37. The number of nitrogens with zero attached hydrogens (tertiary/aromatic N) is 2. The van der Waals surface area contributed by atoms with Crippen LogP contribution in [-0.4, -0.2) is 27.2 Å². The van der Waals surface area contributed by atoms with Crippen molar-refractivity contribution in [2.45, 2.75) is 6.04 Å². The molecule has 0 saturated heterocycles. The van der Waals surface area contributed by atoms with Gasteiger partial charge in [-0.2, -0.15) is 0 Å². The quantitative estimate of drug-likeness (QED) is 0.601. The topological polar surface area (TPSA) is 87.4 Å². The van der Waals surface area contributed by atoms with Crippen LogP contribution in [0.3, 0.4) is 0 Å². The van der Waals surface area contributed by atoms with Gasteiger partial charge >= 0.3 is 5.69 Å². The molecule has 9 heteroatoms. The van der Waals surface area contributed by atoms with E-state index >= 15 is 0 Å². The number of nitrogens with one attached hydrogen (secondary N) is 1. The summed E-state index contributed by atoms with van der Waals surface area (Å²) in [4.78, 5) is 30.6. The van der Waals surface area contributed by atoms with E-state index in [0.29, 0.717) is 28.0 Å². The van der Waals surface area contributed by atoms with E-state index in [1.807, 2.05) is 0 Å². The molecule has 2 aromatic carbocycles. The molecular formula is C20H12Cl2FN3O3. The number of aromatic nitrogens is 2. The first-order valence-electron chi connectivity index (χ1n) is 8.39. The second kappa shape index (κ2) is 7.35. The molecule has 2 N–H and O–H groups in total. The van der Waals surface area contributed by atoms with E-state index in [1.54, 1.807) is 30.3 Å². The lowest BCUT2D eigenvalue weighted by Crippen LogP contribution is -2.23. The van der Waals surface area contributed by atoms with Gasteiger partial charge in [0.2, 0.25) is 5.88 Å². The van der Waals surface area contributed by atoms with Crippen molar-refractivity contribution in [2.75, 3.05) is 0 Å². The number of hydrogen-bond donors (Lipinski definition) is 2. The van der Waals surface area contributed by atoms with Crippen LogP contribution in [0.5, 0.6) is 5.88 Å². The first-order chi connectivity index (χ1) is 13.9. The van der Waals surface area contributed by atoms with Gasteiger partial charge in [0.25, 0.3) is 0 Å². The highest BCUT2D eigenvalue weighted by molar-refractivity contribution is 6.32. The maximum absolute atomic E-state index is 14.1. The van der Waals surface area contributed by atoms with Crippen LogP contribution in [0, 0.1) is 5.82 Å². The normalized spacial score (nSPS) is 14.9. The number of carbonyl (C=O) groups excluding carboxylic acids is 1. The van der Waals surface area contributed by atoms with E-state index in [9.17, 15) is 19.1 Å². The van der Waals surface area contributed by atoms with Gasteiger partial charge in [0, 0.05) is 22.4 Å². The van der Waals surface area contributed by atoms with Crippen LogP contribution in [0.15, 0.2) is 46.2 Å². The van der Waals surface area contributed by atoms with Crippen molar-refractivity contribution in [3.63, 3.8) is 0 Å². The number of imidazole rings is 1. The maximum Gasteiger partial charge on any atom is 0.329 e. The van der Waals surface area contributed by atoms with Crippen LogP contribution in [0.25, 0.3) is 11.6 Å². The molecule has 0 saturated carbocycles. The number of aliphatic imine (C=N–C) groups is 1. The Morgan fingerprint density at radius 3 is 2.59 bits per heavy atom. The lowest BCUT2D eigenvalue weighted by atomic mass is 10.1. The highest BCUT2D eigenvalue weighted by atomic mass is 35.5. The number of fused-ring (bicyclic) bond motifs is 1. The Balaban J connectivity index is 1.78.